The van der Waals surface area contributed by atoms with Gasteiger partial charge < -0.3 is 14.8 Å². The number of amides is 1. The number of carbonyl (C=O) groups is 1. The molecule has 6 heteroatoms. The number of ether oxygens (including phenoxy) is 2. The summed E-state index contributed by atoms with van der Waals surface area (Å²) in [6.07, 6.45) is 0. The van der Waals surface area contributed by atoms with E-state index in [1.54, 1.807) is 0 Å². The lowest BCUT2D eigenvalue weighted by Crippen LogP contribution is -2.20. The van der Waals surface area contributed by atoms with Crippen molar-refractivity contribution in [2.24, 2.45) is 0 Å². The van der Waals surface area contributed by atoms with Gasteiger partial charge in [-0.2, -0.15) is 0 Å². The molecule has 0 saturated heterocycles. The predicted molar refractivity (Wildman–Crippen MR) is 102 cm³/mol. The molecule has 2 heterocycles. The number of thiazole rings is 1. The van der Waals surface area contributed by atoms with E-state index < -0.39 is 0 Å². The first kappa shape index (κ1) is 16.6. The van der Waals surface area contributed by atoms with Crippen LogP contribution in [0.1, 0.15) is 18.4 Å². The number of rotatable bonds is 4. The number of hydrogen-bond donors (Lipinski definition) is 1. The summed E-state index contributed by atoms with van der Waals surface area (Å²) in [4.78, 5) is 17.1. The summed E-state index contributed by atoms with van der Waals surface area (Å²) in [5.74, 6) is 0.986. The molecule has 1 aromatic heterocycles. The number of anilines is 1. The van der Waals surface area contributed by atoms with Crippen molar-refractivity contribution >= 4 is 22.4 Å². The number of benzene rings is 2. The van der Waals surface area contributed by atoms with Crippen LogP contribution in [0.5, 0.6) is 11.5 Å². The van der Waals surface area contributed by atoms with E-state index in [4.69, 9.17) is 9.47 Å². The summed E-state index contributed by atoms with van der Waals surface area (Å²) in [5.41, 5.74) is 2.77. The molecule has 0 radical (unpaired) electrons. The van der Waals surface area contributed by atoms with E-state index in [-0.39, 0.29) is 11.8 Å². The molecule has 0 fully saturated rings. The molecule has 2 aromatic carbocycles. The van der Waals surface area contributed by atoms with Gasteiger partial charge >= 0.3 is 0 Å². The van der Waals surface area contributed by atoms with Crippen LogP contribution in [0.4, 0.5) is 5.13 Å². The summed E-state index contributed by atoms with van der Waals surface area (Å²) >= 11 is 1.42. The summed E-state index contributed by atoms with van der Waals surface area (Å²) in [7, 11) is 0. The largest absolute Gasteiger partial charge is 0.486 e. The second-order valence-corrected chi connectivity index (χ2v) is 6.88. The highest BCUT2D eigenvalue weighted by molar-refractivity contribution is 7.14. The SMILES string of the molecule is CC(C(=O)Nc1nc(-c2ccccc2)cs1)c1ccc2c(c1)OCCO2. The van der Waals surface area contributed by atoms with E-state index in [0.29, 0.717) is 24.1 Å². The van der Waals surface area contributed by atoms with Crippen molar-refractivity contribution in [3.63, 3.8) is 0 Å². The van der Waals surface area contributed by atoms with E-state index in [1.807, 2.05) is 60.8 Å². The molecule has 5 nitrogen and oxygen atoms in total. The molecule has 0 saturated carbocycles. The maximum atomic E-state index is 12.6. The summed E-state index contributed by atoms with van der Waals surface area (Å²) in [6.45, 7) is 2.95. The molecule has 0 aliphatic carbocycles. The van der Waals surface area contributed by atoms with Crippen LogP contribution < -0.4 is 14.8 Å². The van der Waals surface area contributed by atoms with Crippen LogP contribution in [0.25, 0.3) is 11.3 Å². The molecule has 3 aromatic rings. The highest BCUT2D eigenvalue weighted by Gasteiger charge is 2.20. The van der Waals surface area contributed by atoms with Crippen LogP contribution in [-0.4, -0.2) is 24.1 Å². The smallest absolute Gasteiger partial charge is 0.233 e. The van der Waals surface area contributed by atoms with Gasteiger partial charge in [-0.1, -0.05) is 36.4 Å². The first-order valence-electron chi connectivity index (χ1n) is 8.42. The van der Waals surface area contributed by atoms with Crippen LogP contribution >= 0.6 is 11.3 Å². The molecule has 4 rings (SSSR count). The lowest BCUT2D eigenvalue weighted by molar-refractivity contribution is -0.117. The van der Waals surface area contributed by atoms with E-state index in [2.05, 4.69) is 10.3 Å². The minimum Gasteiger partial charge on any atom is -0.486 e. The zero-order chi connectivity index (χ0) is 17.9. The first-order chi connectivity index (χ1) is 12.7. The molecule has 132 valence electrons. The minimum absolute atomic E-state index is 0.101. The summed E-state index contributed by atoms with van der Waals surface area (Å²) < 4.78 is 11.1. The Morgan fingerprint density at radius 3 is 2.69 bits per heavy atom. The fourth-order valence-electron chi connectivity index (χ4n) is 2.77. The highest BCUT2D eigenvalue weighted by atomic mass is 32.1. The van der Waals surface area contributed by atoms with Crippen molar-refractivity contribution in [3.05, 3.63) is 59.5 Å². The first-order valence-corrected chi connectivity index (χ1v) is 9.30. The standard InChI is InChI=1S/C20H18N2O3S/c1-13(15-7-8-17-18(11-15)25-10-9-24-17)19(23)22-20-21-16(12-26-20)14-5-3-2-4-6-14/h2-8,11-13H,9-10H2,1H3,(H,21,22,23). The van der Waals surface area contributed by atoms with Gasteiger partial charge in [0.1, 0.15) is 13.2 Å². The number of aromatic nitrogens is 1. The normalized spacial score (nSPS) is 13.9. The van der Waals surface area contributed by atoms with Crippen LogP contribution in [0, 0.1) is 0 Å². The number of hydrogen-bond acceptors (Lipinski definition) is 5. The van der Waals surface area contributed by atoms with Gasteiger partial charge in [-0.15, -0.1) is 11.3 Å². The molecule has 1 amide bonds. The van der Waals surface area contributed by atoms with Crippen molar-refractivity contribution < 1.29 is 14.3 Å². The van der Waals surface area contributed by atoms with Crippen molar-refractivity contribution in [3.8, 4) is 22.8 Å². The summed E-state index contributed by atoms with van der Waals surface area (Å²) in [6, 6.07) is 15.5. The predicted octanol–water partition coefficient (Wildman–Crippen LogP) is 4.32. The van der Waals surface area contributed by atoms with Gasteiger partial charge in [-0.05, 0) is 24.6 Å². The second-order valence-electron chi connectivity index (χ2n) is 6.02. The Morgan fingerprint density at radius 2 is 1.88 bits per heavy atom. The molecule has 1 aliphatic heterocycles. The third kappa shape index (κ3) is 3.41. The topological polar surface area (TPSA) is 60.5 Å². The maximum absolute atomic E-state index is 12.6. The average molecular weight is 366 g/mol. The van der Waals surface area contributed by atoms with Gasteiger partial charge in [-0.25, -0.2) is 4.98 Å². The number of nitrogens with one attached hydrogen (secondary N) is 1. The van der Waals surface area contributed by atoms with E-state index >= 15 is 0 Å². The van der Waals surface area contributed by atoms with Gasteiger partial charge in [0.05, 0.1) is 11.6 Å². The van der Waals surface area contributed by atoms with E-state index in [9.17, 15) is 4.79 Å². The van der Waals surface area contributed by atoms with Crippen LogP contribution in [0.3, 0.4) is 0 Å². The van der Waals surface area contributed by atoms with Gasteiger partial charge in [0, 0.05) is 10.9 Å². The monoisotopic (exact) mass is 366 g/mol. The summed E-state index contributed by atoms with van der Waals surface area (Å²) in [5, 5.41) is 5.45. The van der Waals surface area contributed by atoms with Crippen LogP contribution in [-0.2, 0) is 4.79 Å². The van der Waals surface area contributed by atoms with Crippen LogP contribution in [0.15, 0.2) is 53.9 Å². The second kappa shape index (κ2) is 7.17. The third-order valence-electron chi connectivity index (χ3n) is 4.26. The average Bonchev–Trinajstić information content (AvgIpc) is 3.16. The highest BCUT2D eigenvalue weighted by Crippen LogP contribution is 2.33. The zero-order valence-electron chi connectivity index (χ0n) is 14.3. The van der Waals surface area contributed by atoms with Gasteiger partial charge in [0.15, 0.2) is 16.6 Å². The van der Waals surface area contributed by atoms with Crippen LogP contribution in [0.2, 0.25) is 0 Å². The minimum atomic E-state index is -0.324. The van der Waals surface area contributed by atoms with Gasteiger partial charge in [0.25, 0.3) is 0 Å². The van der Waals surface area contributed by atoms with Crippen molar-refractivity contribution in [1.29, 1.82) is 0 Å². The number of carbonyl (C=O) groups excluding carboxylic acids is 1. The zero-order valence-corrected chi connectivity index (χ0v) is 15.1. The lowest BCUT2D eigenvalue weighted by Gasteiger charge is -2.20. The fourth-order valence-corrected chi connectivity index (χ4v) is 3.49. The molecule has 26 heavy (non-hydrogen) atoms. The molecule has 0 spiro atoms. The molecular formula is C20H18N2O3S. The molecule has 1 atom stereocenters. The van der Waals surface area contributed by atoms with Gasteiger partial charge in [-0.3, -0.25) is 4.79 Å². The quantitative estimate of drug-likeness (QED) is 0.747. The Morgan fingerprint density at radius 1 is 1.12 bits per heavy atom. The number of nitrogens with zero attached hydrogens (tertiary/aromatic N) is 1. The Labute approximate surface area is 155 Å². The molecular weight excluding hydrogens is 348 g/mol. The third-order valence-corrected chi connectivity index (χ3v) is 5.02. The fraction of sp³-hybridized carbons (Fsp3) is 0.200. The van der Waals surface area contributed by atoms with Crippen molar-refractivity contribution in [2.45, 2.75) is 12.8 Å². The lowest BCUT2D eigenvalue weighted by atomic mass is 10.00. The van der Waals surface area contributed by atoms with Crippen molar-refractivity contribution in [2.75, 3.05) is 18.5 Å². The van der Waals surface area contributed by atoms with E-state index in [0.717, 1.165) is 22.6 Å². The molecule has 1 aliphatic rings. The molecule has 1 unspecified atom stereocenters. The Balaban J connectivity index is 1.47. The molecule has 1 N–H and O–H groups in total. The Kier molecular flexibility index (Phi) is 4.58. The molecule has 0 bridgehead atoms. The Bertz CT molecular complexity index is 924. The maximum Gasteiger partial charge on any atom is 0.233 e. The Hall–Kier alpha value is -2.86. The number of fused-ring (bicyclic) bond motifs is 1. The van der Waals surface area contributed by atoms with Crippen molar-refractivity contribution in [1.82, 2.24) is 4.98 Å². The van der Waals surface area contributed by atoms with Gasteiger partial charge in [0.2, 0.25) is 5.91 Å². The van der Waals surface area contributed by atoms with E-state index in [1.165, 1.54) is 11.3 Å².